The van der Waals surface area contributed by atoms with E-state index >= 15 is 0 Å². The van der Waals surface area contributed by atoms with Crippen molar-refractivity contribution >= 4 is 101 Å². The Bertz CT molecular complexity index is 3800. The summed E-state index contributed by atoms with van der Waals surface area (Å²) in [7, 11) is 0. The molecule has 0 radical (unpaired) electrons. The van der Waals surface area contributed by atoms with Gasteiger partial charge in [0.1, 0.15) is 0 Å². The summed E-state index contributed by atoms with van der Waals surface area (Å²) in [5.74, 6) is 0. The van der Waals surface area contributed by atoms with E-state index in [2.05, 4.69) is 159 Å². The zero-order chi connectivity index (χ0) is 58.3. The van der Waals surface area contributed by atoms with Gasteiger partial charge in [-0.15, -0.1) is 44.1 Å². The van der Waals surface area contributed by atoms with Gasteiger partial charge in [0.05, 0.1) is 45.6 Å². The minimum Gasteiger partial charge on any atom is -0.657 e. The number of hydrogen-bond donors (Lipinski definition) is 0. The van der Waals surface area contributed by atoms with Crippen molar-refractivity contribution < 1.29 is 33.0 Å². The van der Waals surface area contributed by atoms with E-state index in [4.69, 9.17) is 39.9 Å². The number of aromatic nitrogens is 8. The number of hydrogen-bond acceptors (Lipinski definition) is 4. The molecule has 10 heteroatoms. The molecule has 0 saturated heterocycles. The molecule has 4 aliphatic heterocycles. The molecule has 0 atom stereocenters. The van der Waals surface area contributed by atoms with Gasteiger partial charge in [0, 0.05) is 0 Å². The second-order valence-corrected chi connectivity index (χ2v) is 22.3. The van der Waals surface area contributed by atoms with Crippen LogP contribution >= 0.6 is 0 Å². The molecular weight excluding hydrogens is 1120 g/mol. The molecule has 6 aromatic heterocycles. The first-order chi connectivity index (χ1) is 39.9. The Morgan fingerprint density at radius 2 is 0.452 bits per heavy atom. The maximum absolute atomic E-state index is 5.84. The van der Waals surface area contributed by atoms with Gasteiger partial charge in [-0.1, -0.05) is 204 Å². The Hall–Kier alpha value is -6.07. The maximum atomic E-state index is 5.84. The first-order valence-electron chi connectivity index (χ1n) is 31.9. The summed E-state index contributed by atoms with van der Waals surface area (Å²) < 4.78 is 0. The SMILES string of the molecule is CCC1=C(CC)c2cc3[n-]c(c(/C=C/c4c5nc(cc6[n-]c(cc7nc(cc8[n-]c4c(CC)c8CC)C(CC)=C7CC)c(CC)c6CC)C(CC)=C5CC)c4nc(cc5[n-]c(cc1n2)c(CC)c5CC)C(CC)=C4CC)c(CC)c3CC.[Ni+2].[Ni+2]. The molecule has 84 heavy (non-hydrogen) atoms. The molecule has 0 aliphatic carbocycles. The van der Waals surface area contributed by atoms with Gasteiger partial charge in [-0.05, 0) is 158 Å². The predicted octanol–water partition coefficient (Wildman–Crippen LogP) is 19.0. The molecule has 0 unspecified atom stereocenters. The van der Waals surface area contributed by atoms with Gasteiger partial charge in [-0.2, -0.15) is 0 Å². The van der Waals surface area contributed by atoms with Crippen molar-refractivity contribution in [1.29, 1.82) is 0 Å². The smallest absolute Gasteiger partial charge is 0.657 e. The molecule has 0 amide bonds. The van der Waals surface area contributed by atoms with Crippen LogP contribution in [-0.4, -0.2) is 19.9 Å². The van der Waals surface area contributed by atoms with Crippen molar-refractivity contribution in [2.24, 2.45) is 0 Å². The van der Waals surface area contributed by atoms with Crippen LogP contribution in [0.25, 0.3) is 101 Å². The number of aryl methyl sites for hydroxylation is 8. The van der Waals surface area contributed by atoms with E-state index < -0.39 is 0 Å². The molecule has 4 aliphatic rings. The molecule has 8 nitrogen and oxygen atoms in total. The van der Waals surface area contributed by atoms with E-state index in [1.165, 1.54) is 89.1 Å². The van der Waals surface area contributed by atoms with Crippen molar-refractivity contribution in [2.75, 3.05) is 0 Å². The number of rotatable bonds is 18. The first-order valence-corrected chi connectivity index (χ1v) is 31.9. The Kier molecular flexibility index (Phi) is 20.6. The molecule has 10 rings (SSSR count). The third kappa shape index (κ3) is 10.8. The van der Waals surface area contributed by atoms with Crippen molar-refractivity contribution in [2.45, 2.75) is 214 Å². The van der Waals surface area contributed by atoms with Crippen LogP contribution in [0.2, 0.25) is 0 Å². The first kappa shape index (κ1) is 63.9. The summed E-state index contributed by atoms with van der Waals surface area (Å²) in [5, 5.41) is 0. The van der Waals surface area contributed by atoms with E-state index in [-0.39, 0.29) is 33.0 Å². The Morgan fingerprint density at radius 1 is 0.250 bits per heavy atom. The van der Waals surface area contributed by atoms with E-state index in [9.17, 15) is 0 Å². The number of fused-ring (bicyclic) bond motifs is 16. The van der Waals surface area contributed by atoms with E-state index in [0.29, 0.717) is 0 Å². The molecule has 10 heterocycles. The Labute approximate surface area is 521 Å². The average molecular weight is 1210 g/mol. The summed E-state index contributed by atoms with van der Waals surface area (Å²) in [4.78, 5) is 45.4. The second-order valence-electron chi connectivity index (χ2n) is 22.3. The molecule has 0 fully saturated rings. The van der Waals surface area contributed by atoms with Crippen molar-refractivity contribution in [3.05, 3.63) is 138 Å². The molecule has 0 N–H and O–H groups in total. The topological polar surface area (TPSA) is 108 Å². The molecular formula is C74H88N8Ni2. The van der Waals surface area contributed by atoms with Crippen LogP contribution in [0.4, 0.5) is 0 Å². The van der Waals surface area contributed by atoms with E-state index in [1.54, 1.807) is 0 Å². The third-order valence-corrected chi connectivity index (χ3v) is 18.4. The van der Waals surface area contributed by atoms with E-state index in [1.807, 2.05) is 0 Å². The summed E-state index contributed by atoms with van der Waals surface area (Å²) in [5.41, 5.74) is 38.6. The number of allylic oxidation sites excluding steroid dienone is 8. The molecule has 444 valence electrons. The number of nitrogens with zero attached hydrogens (tertiary/aromatic N) is 8. The van der Waals surface area contributed by atoms with Gasteiger partial charge < -0.3 is 19.9 Å². The molecule has 0 spiro atoms. The largest absolute Gasteiger partial charge is 2.00 e. The fourth-order valence-corrected chi connectivity index (χ4v) is 14.6. The Morgan fingerprint density at radius 3 is 0.679 bits per heavy atom. The maximum Gasteiger partial charge on any atom is 2.00 e. The van der Waals surface area contributed by atoms with Crippen LogP contribution in [0.1, 0.15) is 263 Å². The molecule has 6 aromatic rings. The molecule has 16 bridgehead atoms. The predicted molar refractivity (Wildman–Crippen MR) is 351 cm³/mol. The van der Waals surface area contributed by atoms with Gasteiger partial charge in [0.15, 0.2) is 0 Å². The van der Waals surface area contributed by atoms with Gasteiger partial charge in [-0.3, -0.25) is 0 Å². The van der Waals surface area contributed by atoms with Crippen molar-refractivity contribution in [1.82, 2.24) is 39.9 Å². The van der Waals surface area contributed by atoms with Crippen LogP contribution in [0.15, 0.2) is 36.4 Å². The summed E-state index contributed by atoms with van der Waals surface area (Å²) in [6.45, 7) is 36.4. The summed E-state index contributed by atoms with van der Waals surface area (Å²) >= 11 is 0. The van der Waals surface area contributed by atoms with Gasteiger partial charge >= 0.3 is 33.0 Å². The van der Waals surface area contributed by atoms with Crippen LogP contribution < -0.4 is 19.9 Å². The second kappa shape index (κ2) is 27.1. The fourth-order valence-electron chi connectivity index (χ4n) is 14.6. The van der Waals surface area contributed by atoms with Gasteiger partial charge in [0.25, 0.3) is 0 Å². The zero-order valence-electron chi connectivity index (χ0n) is 53.1. The average Bonchev–Trinajstić information content (AvgIpc) is 4.38. The monoisotopic (exact) mass is 1200 g/mol. The summed E-state index contributed by atoms with van der Waals surface area (Å²) in [6, 6.07) is 13.7. The van der Waals surface area contributed by atoms with Crippen LogP contribution in [0.5, 0.6) is 0 Å². The quantitative estimate of drug-likeness (QED) is 0.0783. The van der Waals surface area contributed by atoms with Crippen LogP contribution in [0.3, 0.4) is 0 Å². The van der Waals surface area contributed by atoms with Crippen molar-refractivity contribution in [3.8, 4) is 0 Å². The van der Waals surface area contributed by atoms with Gasteiger partial charge in [-0.25, -0.2) is 19.9 Å². The standard InChI is InChI=1S/C74H88N8.2Ni/c1-17-41-45(21-5)63-37-67-49(25-9)53(29-13)71(79-67)57(72-54(30-14)50(26-10)68(80-72)38-64-46(22-6)42(18-2)60(76-64)35-59(41)75-63)33-34-58-73-55(31-15)51(27-11)69(81-73)39-65-47(23-7)43(19-3)61(77-65)36-62-44(20-4)48(24-8)66(78-62)40-70-52(28-12)56(32-16)74(58)82-70;;/h33-40H,17-32H2,1-16H3;;/q-4;2*+2/b34-33+,59-35?,60-35?,61-36?,62-36?,63-37?,64-38?,65-39?,66-40?,67-37?,68-38?,69-39?,70-40?,71-57?,72-57?,73-58?,74-58?;;. The van der Waals surface area contributed by atoms with E-state index in [0.717, 1.165) is 204 Å². The van der Waals surface area contributed by atoms with Crippen LogP contribution in [-0.2, 0) is 84.3 Å². The van der Waals surface area contributed by atoms with Crippen molar-refractivity contribution in [3.63, 3.8) is 0 Å². The summed E-state index contributed by atoms with van der Waals surface area (Å²) in [6.07, 6.45) is 18.5. The third-order valence-electron chi connectivity index (χ3n) is 18.4. The minimum absolute atomic E-state index is 0. The normalized spacial score (nSPS) is 13.6. The minimum atomic E-state index is 0. The van der Waals surface area contributed by atoms with Crippen LogP contribution in [0, 0.1) is 0 Å². The zero-order valence-corrected chi connectivity index (χ0v) is 55.1. The van der Waals surface area contributed by atoms with Gasteiger partial charge in [0.2, 0.25) is 0 Å². The fraction of sp³-hybridized carbons (Fsp3) is 0.432. The Balaban J connectivity index is 0.00000460. The molecule has 0 aromatic carbocycles. The molecule has 0 saturated carbocycles.